The first-order valence-electron chi connectivity index (χ1n) is 13.2. The Balaban J connectivity index is 1.16. The van der Waals surface area contributed by atoms with Crippen LogP contribution < -0.4 is 4.74 Å². The zero-order chi connectivity index (χ0) is 25.6. The SMILES string of the molecule is COc1ccc(C(=O)N2CCC(C(=O)N3CCN(C(c4ccccc4)c4ccccc4)CC3)CC2)cc1. The molecule has 2 saturated heterocycles. The molecule has 0 radical (unpaired) electrons. The van der Waals surface area contributed by atoms with Crippen molar-refractivity contribution in [1.82, 2.24) is 14.7 Å². The van der Waals surface area contributed by atoms with E-state index in [9.17, 15) is 9.59 Å². The van der Waals surface area contributed by atoms with E-state index >= 15 is 0 Å². The van der Waals surface area contributed by atoms with Gasteiger partial charge in [-0.3, -0.25) is 14.5 Å². The van der Waals surface area contributed by atoms with Crippen LogP contribution in [0.4, 0.5) is 0 Å². The van der Waals surface area contributed by atoms with E-state index in [2.05, 4.69) is 65.6 Å². The summed E-state index contributed by atoms with van der Waals surface area (Å²) in [6.07, 6.45) is 1.44. The number of hydrogen-bond donors (Lipinski definition) is 0. The number of piperidine rings is 1. The van der Waals surface area contributed by atoms with Crippen LogP contribution in [0.5, 0.6) is 5.75 Å². The number of piperazine rings is 1. The smallest absolute Gasteiger partial charge is 0.253 e. The van der Waals surface area contributed by atoms with Gasteiger partial charge in [0.15, 0.2) is 0 Å². The van der Waals surface area contributed by atoms with Gasteiger partial charge in [-0.25, -0.2) is 0 Å². The number of carbonyl (C=O) groups is 2. The molecule has 5 rings (SSSR count). The van der Waals surface area contributed by atoms with Crippen molar-refractivity contribution in [2.75, 3.05) is 46.4 Å². The molecule has 37 heavy (non-hydrogen) atoms. The Kier molecular flexibility index (Phi) is 7.85. The first-order chi connectivity index (χ1) is 18.1. The fourth-order valence-electron chi connectivity index (χ4n) is 5.59. The summed E-state index contributed by atoms with van der Waals surface area (Å²) in [6.45, 7) is 4.39. The van der Waals surface area contributed by atoms with Crippen LogP contribution in [0.1, 0.15) is 40.4 Å². The van der Waals surface area contributed by atoms with Gasteiger partial charge in [-0.05, 0) is 48.2 Å². The zero-order valence-corrected chi connectivity index (χ0v) is 21.5. The molecule has 2 fully saturated rings. The molecule has 6 nitrogen and oxygen atoms in total. The molecular formula is C31H35N3O3. The molecule has 0 spiro atoms. The lowest BCUT2D eigenvalue weighted by Gasteiger charge is -2.41. The molecule has 0 unspecified atom stereocenters. The first-order valence-corrected chi connectivity index (χ1v) is 13.2. The Labute approximate surface area is 219 Å². The molecule has 0 N–H and O–H groups in total. The number of likely N-dealkylation sites (tertiary alicyclic amines) is 1. The minimum absolute atomic E-state index is 0.00879. The number of carbonyl (C=O) groups excluding carboxylic acids is 2. The van der Waals surface area contributed by atoms with Crippen molar-refractivity contribution in [3.8, 4) is 5.75 Å². The number of benzene rings is 3. The van der Waals surface area contributed by atoms with Gasteiger partial charge in [0.1, 0.15) is 5.75 Å². The topological polar surface area (TPSA) is 53.1 Å². The van der Waals surface area contributed by atoms with Crippen molar-refractivity contribution in [1.29, 1.82) is 0 Å². The van der Waals surface area contributed by atoms with Gasteiger partial charge in [-0.15, -0.1) is 0 Å². The van der Waals surface area contributed by atoms with Gasteiger partial charge in [-0.2, -0.15) is 0 Å². The highest BCUT2D eigenvalue weighted by molar-refractivity contribution is 5.94. The van der Waals surface area contributed by atoms with Gasteiger partial charge in [0.2, 0.25) is 5.91 Å². The van der Waals surface area contributed by atoms with Crippen LogP contribution in [0.2, 0.25) is 0 Å². The molecule has 0 aliphatic carbocycles. The van der Waals surface area contributed by atoms with Crippen LogP contribution in [-0.4, -0.2) is 72.9 Å². The van der Waals surface area contributed by atoms with Crippen LogP contribution in [0.15, 0.2) is 84.9 Å². The van der Waals surface area contributed by atoms with Gasteiger partial charge in [0.05, 0.1) is 13.2 Å². The lowest BCUT2D eigenvalue weighted by Crippen LogP contribution is -2.52. The van der Waals surface area contributed by atoms with E-state index in [1.54, 1.807) is 19.2 Å². The molecule has 2 amide bonds. The Morgan fingerprint density at radius 2 is 1.24 bits per heavy atom. The number of hydrogen-bond acceptors (Lipinski definition) is 4. The van der Waals surface area contributed by atoms with Crippen LogP contribution in [0.25, 0.3) is 0 Å². The van der Waals surface area contributed by atoms with E-state index in [0.717, 1.165) is 44.8 Å². The second-order valence-corrected chi connectivity index (χ2v) is 9.88. The molecule has 0 aromatic heterocycles. The number of rotatable bonds is 6. The molecule has 3 aromatic rings. The highest BCUT2D eigenvalue weighted by Crippen LogP contribution is 2.30. The largest absolute Gasteiger partial charge is 0.497 e. The van der Waals surface area contributed by atoms with Gasteiger partial charge in [0, 0.05) is 50.7 Å². The molecule has 2 aliphatic rings. The molecule has 0 atom stereocenters. The van der Waals surface area contributed by atoms with E-state index in [4.69, 9.17) is 4.74 Å². The summed E-state index contributed by atoms with van der Waals surface area (Å²) >= 11 is 0. The van der Waals surface area contributed by atoms with Crippen LogP contribution in [0, 0.1) is 5.92 Å². The maximum atomic E-state index is 13.4. The quantitative estimate of drug-likeness (QED) is 0.504. The molecule has 3 aromatic carbocycles. The summed E-state index contributed by atoms with van der Waals surface area (Å²) in [5.41, 5.74) is 3.22. The Hall–Kier alpha value is -3.64. The van der Waals surface area contributed by atoms with Crippen molar-refractivity contribution < 1.29 is 14.3 Å². The normalized spacial score (nSPS) is 17.1. The van der Waals surface area contributed by atoms with Gasteiger partial charge in [0.25, 0.3) is 5.91 Å². The molecule has 2 aliphatic heterocycles. The van der Waals surface area contributed by atoms with Crippen molar-refractivity contribution in [3.05, 3.63) is 102 Å². The average Bonchev–Trinajstić information content (AvgIpc) is 2.98. The highest BCUT2D eigenvalue weighted by Gasteiger charge is 2.33. The summed E-state index contributed by atoms with van der Waals surface area (Å²) in [5, 5.41) is 0. The fraction of sp³-hybridized carbons (Fsp3) is 0.355. The van der Waals surface area contributed by atoms with Crippen molar-refractivity contribution in [3.63, 3.8) is 0 Å². The van der Waals surface area contributed by atoms with E-state index in [1.165, 1.54) is 11.1 Å². The Bertz CT molecular complexity index is 1130. The summed E-state index contributed by atoms with van der Waals surface area (Å²) in [5.74, 6) is 0.993. The van der Waals surface area contributed by atoms with Crippen molar-refractivity contribution >= 4 is 11.8 Å². The third kappa shape index (κ3) is 5.70. The Morgan fingerprint density at radius 1 is 0.703 bits per heavy atom. The van der Waals surface area contributed by atoms with E-state index in [1.807, 2.05) is 21.9 Å². The van der Waals surface area contributed by atoms with Gasteiger partial charge < -0.3 is 14.5 Å². The second-order valence-electron chi connectivity index (χ2n) is 9.88. The summed E-state index contributed by atoms with van der Waals surface area (Å²) in [7, 11) is 1.61. The van der Waals surface area contributed by atoms with E-state index < -0.39 is 0 Å². The van der Waals surface area contributed by atoms with Crippen LogP contribution in [0.3, 0.4) is 0 Å². The predicted molar refractivity (Wildman–Crippen MR) is 145 cm³/mol. The monoisotopic (exact) mass is 497 g/mol. The molecular weight excluding hydrogens is 462 g/mol. The molecule has 0 bridgehead atoms. The standard InChI is InChI=1S/C31H35N3O3/c1-37-28-14-12-26(13-15-28)30(35)33-18-16-27(17-19-33)31(36)34-22-20-32(21-23-34)29(24-8-4-2-5-9-24)25-10-6-3-7-11-25/h2-15,27,29H,16-23H2,1H3. The summed E-state index contributed by atoms with van der Waals surface area (Å²) in [6, 6.07) is 28.7. The van der Waals surface area contributed by atoms with Gasteiger partial charge in [-0.1, -0.05) is 60.7 Å². The zero-order valence-electron chi connectivity index (χ0n) is 21.5. The molecule has 6 heteroatoms. The average molecular weight is 498 g/mol. The van der Waals surface area contributed by atoms with Crippen LogP contribution in [-0.2, 0) is 4.79 Å². The minimum Gasteiger partial charge on any atom is -0.497 e. The van der Waals surface area contributed by atoms with E-state index in [-0.39, 0.29) is 23.8 Å². The highest BCUT2D eigenvalue weighted by atomic mass is 16.5. The molecule has 192 valence electrons. The molecule has 2 heterocycles. The van der Waals surface area contributed by atoms with E-state index in [0.29, 0.717) is 18.7 Å². The predicted octanol–water partition coefficient (Wildman–Crippen LogP) is 4.48. The lowest BCUT2D eigenvalue weighted by molar-refractivity contribution is -0.139. The molecule has 0 saturated carbocycles. The fourth-order valence-corrected chi connectivity index (χ4v) is 5.59. The maximum Gasteiger partial charge on any atom is 0.253 e. The summed E-state index contributed by atoms with van der Waals surface area (Å²) < 4.78 is 5.19. The van der Waals surface area contributed by atoms with Crippen LogP contribution >= 0.6 is 0 Å². The maximum absolute atomic E-state index is 13.4. The number of ether oxygens (including phenoxy) is 1. The second kappa shape index (κ2) is 11.6. The van der Waals surface area contributed by atoms with Gasteiger partial charge >= 0.3 is 0 Å². The number of methoxy groups -OCH3 is 1. The van der Waals surface area contributed by atoms with Crippen molar-refractivity contribution in [2.24, 2.45) is 5.92 Å². The number of nitrogens with zero attached hydrogens (tertiary/aromatic N) is 3. The minimum atomic E-state index is -0.00879. The summed E-state index contributed by atoms with van der Waals surface area (Å²) in [4.78, 5) is 32.7. The third-order valence-corrected chi connectivity index (χ3v) is 7.69. The Morgan fingerprint density at radius 3 is 1.76 bits per heavy atom. The first kappa shape index (κ1) is 25.0. The lowest BCUT2D eigenvalue weighted by atomic mass is 9.94. The number of amides is 2. The van der Waals surface area contributed by atoms with Crippen molar-refractivity contribution in [2.45, 2.75) is 18.9 Å². The third-order valence-electron chi connectivity index (χ3n) is 7.69.